The van der Waals surface area contributed by atoms with Crippen LogP contribution >= 0.6 is 0 Å². The van der Waals surface area contributed by atoms with Crippen molar-refractivity contribution in [2.75, 3.05) is 27.9 Å². The summed E-state index contributed by atoms with van der Waals surface area (Å²) in [6.07, 6.45) is 0. The lowest BCUT2D eigenvalue weighted by Crippen LogP contribution is -2.46. The van der Waals surface area contributed by atoms with Gasteiger partial charge in [-0.1, -0.05) is 30.3 Å². The van der Waals surface area contributed by atoms with E-state index in [-0.39, 0.29) is 17.7 Å². The first-order chi connectivity index (χ1) is 9.07. The van der Waals surface area contributed by atoms with Crippen LogP contribution in [-0.4, -0.2) is 44.4 Å². The summed E-state index contributed by atoms with van der Waals surface area (Å²) < 4.78 is 5.18. The summed E-state index contributed by atoms with van der Waals surface area (Å²) in [4.78, 5) is 17.3. The van der Waals surface area contributed by atoms with E-state index in [0.717, 1.165) is 5.56 Å². The highest BCUT2D eigenvalue weighted by atomic mass is 16.7. The van der Waals surface area contributed by atoms with Crippen LogP contribution in [0.25, 0.3) is 0 Å². The zero-order valence-electron chi connectivity index (χ0n) is 11.5. The van der Waals surface area contributed by atoms with E-state index in [0.29, 0.717) is 6.61 Å². The first-order valence-corrected chi connectivity index (χ1v) is 6.22. The summed E-state index contributed by atoms with van der Waals surface area (Å²) in [5, 5.41) is 1.19. The smallest absolute Gasteiger partial charge is 0.266 e. The third-order valence-corrected chi connectivity index (χ3v) is 3.86. The van der Waals surface area contributed by atoms with Crippen molar-refractivity contribution in [3.05, 3.63) is 35.9 Å². The standard InChI is InChI=1S/C14H20N2O3/c1-16(19-3)13(17)14(15)11(9-18-2)12(14)10-7-5-4-6-8-10/h4-8,11-12H,9,15H2,1-3H3/t11-,12+,14+/m1/s1. The summed E-state index contributed by atoms with van der Waals surface area (Å²) in [6, 6.07) is 9.81. The molecule has 1 aromatic carbocycles. The van der Waals surface area contributed by atoms with Crippen molar-refractivity contribution in [2.24, 2.45) is 11.7 Å². The lowest BCUT2D eigenvalue weighted by molar-refractivity contribution is -0.172. The molecule has 1 fully saturated rings. The van der Waals surface area contributed by atoms with Crippen LogP contribution in [0.4, 0.5) is 0 Å². The van der Waals surface area contributed by atoms with Gasteiger partial charge in [0.2, 0.25) is 0 Å². The van der Waals surface area contributed by atoms with Gasteiger partial charge in [-0.3, -0.25) is 9.63 Å². The van der Waals surface area contributed by atoms with Gasteiger partial charge in [0.25, 0.3) is 5.91 Å². The fourth-order valence-corrected chi connectivity index (χ4v) is 2.71. The van der Waals surface area contributed by atoms with Gasteiger partial charge in [0, 0.05) is 26.0 Å². The van der Waals surface area contributed by atoms with Crippen LogP contribution in [0.1, 0.15) is 11.5 Å². The Hall–Kier alpha value is -1.43. The summed E-state index contributed by atoms with van der Waals surface area (Å²) >= 11 is 0. The molecule has 1 amide bonds. The highest BCUT2D eigenvalue weighted by Crippen LogP contribution is 2.56. The second-order valence-corrected chi connectivity index (χ2v) is 4.87. The Balaban J connectivity index is 2.26. The largest absolute Gasteiger partial charge is 0.384 e. The molecule has 0 saturated heterocycles. The number of carbonyl (C=O) groups is 1. The Kier molecular flexibility index (Phi) is 3.89. The first-order valence-electron chi connectivity index (χ1n) is 6.22. The summed E-state index contributed by atoms with van der Waals surface area (Å²) in [7, 11) is 4.64. The number of hydrogen-bond donors (Lipinski definition) is 1. The number of likely N-dealkylation sites (N-methyl/N-ethyl adjacent to an activating group) is 1. The molecule has 5 heteroatoms. The molecule has 3 atom stereocenters. The number of ether oxygens (including phenoxy) is 1. The lowest BCUT2D eigenvalue weighted by atomic mass is 10.1. The quantitative estimate of drug-likeness (QED) is 0.798. The van der Waals surface area contributed by atoms with Gasteiger partial charge in [0.15, 0.2) is 0 Å². The second kappa shape index (κ2) is 5.28. The molecule has 0 heterocycles. The molecule has 104 valence electrons. The molecule has 5 nitrogen and oxygen atoms in total. The van der Waals surface area contributed by atoms with E-state index in [9.17, 15) is 4.79 Å². The zero-order chi connectivity index (χ0) is 14.0. The van der Waals surface area contributed by atoms with Gasteiger partial charge < -0.3 is 10.5 Å². The Labute approximate surface area is 113 Å². The lowest BCUT2D eigenvalue weighted by Gasteiger charge is -2.19. The summed E-state index contributed by atoms with van der Waals surface area (Å²) in [5.41, 5.74) is 6.44. The van der Waals surface area contributed by atoms with Gasteiger partial charge in [0.1, 0.15) is 5.54 Å². The highest BCUT2D eigenvalue weighted by molar-refractivity contribution is 5.91. The van der Waals surface area contributed by atoms with E-state index in [2.05, 4.69) is 0 Å². The van der Waals surface area contributed by atoms with E-state index in [1.807, 2.05) is 30.3 Å². The number of rotatable bonds is 5. The van der Waals surface area contributed by atoms with E-state index < -0.39 is 5.54 Å². The number of hydrogen-bond acceptors (Lipinski definition) is 4. The van der Waals surface area contributed by atoms with Crippen LogP contribution in [0, 0.1) is 5.92 Å². The van der Waals surface area contributed by atoms with Gasteiger partial charge in [0.05, 0.1) is 13.7 Å². The van der Waals surface area contributed by atoms with Crippen molar-refractivity contribution in [3.63, 3.8) is 0 Å². The van der Waals surface area contributed by atoms with Gasteiger partial charge >= 0.3 is 0 Å². The van der Waals surface area contributed by atoms with Gasteiger partial charge in [-0.15, -0.1) is 0 Å². The maximum absolute atomic E-state index is 12.3. The van der Waals surface area contributed by atoms with Crippen molar-refractivity contribution in [2.45, 2.75) is 11.5 Å². The minimum Gasteiger partial charge on any atom is -0.384 e. The Bertz CT molecular complexity index is 451. The molecule has 1 saturated carbocycles. The third-order valence-electron chi connectivity index (χ3n) is 3.86. The topological polar surface area (TPSA) is 64.8 Å². The van der Waals surface area contributed by atoms with Crippen LogP contribution in [0.2, 0.25) is 0 Å². The molecule has 1 aliphatic carbocycles. The van der Waals surface area contributed by atoms with Gasteiger partial charge in [-0.25, -0.2) is 5.06 Å². The van der Waals surface area contributed by atoms with E-state index >= 15 is 0 Å². The molecule has 2 rings (SSSR count). The number of hydroxylamine groups is 2. The molecule has 0 bridgehead atoms. The van der Waals surface area contributed by atoms with Crippen LogP contribution in [0.3, 0.4) is 0 Å². The number of methoxy groups -OCH3 is 1. The maximum atomic E-state index is 12.3. The molecule has 0 unspecified atom stereocenters. The van der Waals surface area contributed by atoms with E-state index in [1.165, 1.54) is 12.2 Å². The number of carbonyl (C=O) groups excluding carboxylic acids is 1. The van der Waals surface area contributed by atoms with Crippen LogP contribution in [-0.2, 0) is 14.4 Å². The average molecular weight is 264 g/mol. The molecule has 1 aromatic rings. The molecule has 0 radical (unpaired) electrons. The van der Waals surface area contributed by atoms with Gasteiger partial charge in [-0.2, -0.15) is 0 Å². The molecule has 0 spiro atoms. The number of nitrogens with two attached hydrogens (primary N) is 1. The number of benzene rings is 1. The Morgan fingerprint density at radius 2 is 2.00 bits per heavy atom. The predicted molar refractivity (Wildman–Crippen MR) is 71.2 cm³/mol. The maximum Gasteiger partial charge on any atom is 0.266 e. The van der Waals surface area contributed by atoms with Crippen molar-refractivity contribution in [1.82, 2.24) is 5.06 Å². The first kappa shape index (κ1) is 14.0. The molecule has 1 aliphatic rings. The molecule has 19 heavy (non-hydrogen) atoms. The zero-order valence-corrected chi connectivity index (χ0v) is 11.5. The van der Waals surface area contributed by atoms with Crippen molar-refractivity contribution >= 4 is 5.91 Å². The Morgan fingerprint density at radius 1 is 1.37 bits per heavy atom. The fourth-order valence-electron chi connectivity index (χ4n) is 2.71. The van der Waals surface area contributed by atoms with Crippen molar-refractivity contribution in [3.8, 4) is 0 Å². The molecule has 0 aromatic heterocycles. The molecule has 2 N–H and O–H groups in total. The number of nitrogens with zero attached hydrogens (tertiary/aromatic N) is 1. The second-order valence-electron chi connectivity index (χ2n) is 4.87. The SMILES string of the molecule is COC[C@@H]1[C@H](c2ccccc2)[C@]1(N)C(=O)N(C)OC. The molecular weight excluding hydrogens is 244 g/mol. The predicted octanol–water partition coefficient (Wildman–Crippen LogP) is 0.764. The van der Waals surface area contributed by atoms with Crippen molar-refractivity contribution in [1.29, 1.82) is 0 Å². The highest BCUT2D eigenvalue weighted by Gasteiger charge is 2.68. The van der Waals surface area contributed by atoms with Crippen molar-refractivity contribution < 1.29 is 14.4 Å². The monoisotopic (exact) mass is 264 g/mol. The normalized spacial score (nSPS) is 29.1. The average Bonchev–Trinajstić information content (AvgIpc) is 3.04. The van der Waals surface area contributed by atoms with Crippen LogP contribution in [0.5, 0.6) is 0 Å². The number of amides is 1. The fraction of sp³-hybridized carbons (Fsp3) is 0.500. The summed E-state index contributed by atoms with van der Waals surface area (Å²) in [5.74, 6) is -0.269. The Morgan fingerprint density at radius 3 is 2.53 bits per heavy atom. The minimum absolute atomic E-state index is 0.0231. The van der Waals surface area contributed by atoms with E-state index in [1.54, 1.807) is 14.2 Å². The summed E-state index contributed by atoms with van der Waals surface area (Å²) in [6.45, 7) is 0.458. The van der Waals surface area contributed by atoms with Gasteiger partial charge in [-0.05, 0) is 5.56 Å². The molecular formula is C14H20N2O3. The van der Waals surface area contributed by atoms with E-state index in [4.69, 9.17) is 15.3 Å². The minimum atomic E-state index is -0.942. The van der Waals surface area contributed by atoms with Crippen LogP contribution in [0.15, 0.2) is 30.3 Å². The molecule has 0 aliphatic heterocycles. The van der Waals surface area contributed by atoms with Crippen LogP contribution < -0.4 is 5.73 Å². The third kappa shape index (κ3) is 2.25.